The molecule has 1 aliphatic heterocycles. The van der Waals surface area contributed by atoms with Crippen LogP contribution in [-0.2, 0) is 0 Å². The Bertz CT molecular complexity index is 566. The van der Waals surface area contributed by atoms with Crippen molar-refractivity contribution >= 4 is 18.8 Å². The molecule has 0 saturated heterocycles. The lowest BCUT2D eigenvalue weighted by Crippen LogP contribution is -2.41. The summed E-state index contributed by atoms with van der Waals surface area (Å²) in [6.07, 6.45) is 8.81. The van der Waals surface area contributed by atoms with Crippen LogP contribution >= 0.6 is 12.6 Å². The minimum Gasteiger partial charge on any atom is -0.508 e. The number of phenolic OH excluding ortho intramolecular Hbond substituents is 1. The van der Waals surface area contributed by atoms with Crippen LogP contribution in [0.1, 0.15) is 32.1 Å². The van der Waals surface area contributed by atoms with Crippen LogP contribution in [-0.4, -0.2) is 22.0 Å². The molecule has 2 aliphatic rings. The fraction of sp³-hybridized carbons (Fsp3) is 0.533. The molecule has 3 rings (SSSR count). The topological polar surface area (TPSA) is 35.8 Å². The molecule has 0 radical (unpaired) electrons. The zero-order chi connectivity index (χ0) is 13.2. The summed E-state index contributed by atoms with van der Waals surface area (Å²) in [6.45, 7) is 1.02. The summed E-state index contributed by atoms with van der Waals surface area (Å²) in [7, 11) is 0. The summed E-state index contributed by atoms with van der Waals surface area (Å²) in [6, 6.07) is 5.29. The zero-order valence-electron chi connectivity index (χ0n) is 11.0. The first-order valence-corrected chi connectivity index (χ1v) is 7.56. The molecule has 1 heterocycles. The summed E-state index contributed by atoms with van der Waals surface area (Å²) in [5.74, 6) is 1.05. The van der Waals surface area contributed by atoms with E-state index in [1.54, 1.807) is 12.1 Å². The number of benzene rings is 1. The normalized spacial score (nSPS) is 23.4. The van der Waals surface area contributed by atoms with Crippen LogP contribution in [0.25, 0.3) is 6.20 Å². The van der Waals surface area contributed by atoms with Gasteiger partial charge in [-0.3, -0.25) is 0 Å². The first-order valence-electron chi connectivity index (χ1n) is 7.05. The molecule has 19 heavy (non-hydrogen) atoms. The van der Waals surface area contributed by atoms with Gasteiger partial charge in [0.2, 0.25) is 0 Å². The smallest absolute Gasteiger partial charge is 0.166 e. The van der Waals surface area contributed by atoms with Crippen molar-refractivity contribution in [2.24, 2.45) is 10.9 Å². The average Bonchev–Trinajstić information content (AvgIpc) is 2.41. The van der Waals surface area contributed by atoms with Gasteiger partial charge in [-0.1, -0.05) is 19.3 Å². The summed E-state index contributed by atoms with van der Waals surface area (Å²) in [5.41, 5.74) is -0.0982. The molecule has 4 heteroatoms. The molecular formula is C15H20N2OS. The fourth-order valence-corrected chi connectivity index (χ4v) is 3.31. The molecule has 1 N–H and O–H groups in total. The fourth-order valence-electron chi connectivity index (χ4n) is 3.02. The Balaban J connectivity index is 1.83. The van der Waals surface area contributed by atoms with Crippen LogP contribution < -0.4 is 10.6 Å². The lowest BCUT2D eigenvalue weighted by atomic mass is 9.89. The minimum absolute atomic E-state index is 0.0982. The Labute approximate surface area is 119 Å². The van der Waals surface area contributed by atoms with Crippen LogP contribution in [0, 0.1) is 5.92 Å². The van der Waals surface area contributed by atoms with E-state index in [1.807, 2.05) is 6.07 Å². The van der Waals surface area contributed by atoms with Gasteiger partial charge in [0.1, 0.15) is 5.75 Å². The van der Waals surface area contributed by atoms with Gasteiger partial charge < -0.3 is 10.0 Å². The molecule has 1 fully saturated rings. The molecule has 1 aromatic rings. The van der Waals surface area contributed by atoms with Gasteiger partial charge in [0.25, 0.3) is 0 Å². The lowest BCUT2D eigenvalue weighted by Gasteiger charge is -2.32. The predicted octanol–water partition coefficient (Wildman–Crippen LogP) is 1.86. The second kappa shape index (κ2) is 5.45. The van der Waals surface area contributed by atoms with Gasteiger partial charge in [-0.25, -0.2) is 4.99 Å². The number of nitrogens with zero attached hydrogens (tertiary/aromatic N) is 2. The maximum atomic E-state index is 9.56. The third-order valence-corrected chi connectivity index (χ3v) is 4.47. The molecule has 1 aliphatic carbocycles. The van der Waals surface area contributed by atoms with Gasteiger partial charge in [-0.2, -0.15) is 0 Å². The zero-order valence-corrected chi connectivity index (χ0v) is 11.9. The van der Waals surface area contributed by atoms with E-state index in [1.165, 1.54) is 32.1 Å². The Hall–Kier alpha value is -1.16. The van der Waals surface area contributed by atoms with Crippen molar-refractivity contribution in [1.29, 1.82) is 0 Å². The Morgan fingerprint density at radius 2 is 2.05 bits per heavy atom. The third-order valence-electron chi connectivity index (χ3n) is 4.06. The highest BCUT2D eigenvalue weighted by Crippen LogP contribution is 2.26. The van der Waals surface area contributed by atoms with Crippen LogP contribution in [0.5, 0.6) is 5.75 Å². The number of hydrogen-bond donors (Lipinski definition) is 2. The van der Waals surface area contributed by atoms with E-state index in [2.05, 4.69) is 28.7 Å². The van der Waals surface area contributed by atoms with Gasteiger partial charge in [-0.05, 0) is 37.0 Å². The summed E-state index contributed by atoms with van der Waals surface area (Å²) in [4.78, 5) is 6.78. The molecule has 102 valence electrons. The predicted molar refractivity (Wildman–Crippen MR) is 79.4 cm³/mol. The van der Waals surface area contributed by atoms with Crippen molar-refractivity contribution in [3.63, 3.8) is 0 Å². The standard InChI is InChI=1S/C15H20N2OS/c18-13-6-7-14-12(8-13)10-17(15(19)16-14)9-11-4-2-1-3-5-11/h6-8,10-11,15,18-19H,1-5,9H2. The highest BCUT2D eigenvalue weighted by atomic mass is 32.1. The van der Waals surface area contributed by atoms with E-state index < -0.39 is 0 Å². The van der Waals surface area contributed by atoms with Crippen LogP contribution in [0.4, 0.5) is 0 Å². The molecule has 1 unspecified atom stereocenters. The van der Waals surface area contributed by atoms with E-state index >= 15 is 0 Å². The van der Waals surface area contributed by atoms with E-state index in [9.17, 15) is 5.11 Å². The van der Waals surface area contributed by atoms with Crippen molar-refractivity contribution in [2.45, 2.75) is 37.6 Å². The minimum atomic E-state index is -0.0982. The molecule has 0 spiro atoms. The summed E-state index contributed by atoms with van der Waals surface area (Å²) < 4.78 is 0. The van der Waals surface area contributed by atoms with Gasteiger partial charge in [0, 0.05) is 18.0 Å². The first-order chi connectivity index (χ1) is 9.22. The Kier molecular flexibility index (Phi) is 3.69. The maximum absolute atomic E-state index is 9.56. The van der Waals surface area contributed by atoms with E-state index in [0.29, 0.717) is 5.75 Å². The second-order valence-corrected chi connectivity index (χ2v) is 6.01. The molecule has 0 aromatic heterocycles. The summed E-state index contributed by atoms with van der Waals surface area (Å²) in [5, 5.41) is 11.5. The van der Waals surface area contributed by atoms with E-state index in [-0.39, 0.29) is 5.50 Å². The van der Waals surface area contributed by atoms with Gasteiger partial charge >= 0.3 is 0 Å². The number of thiol groups is 1. The van der Waals surface area contributed by atoms with Gasteiger partial charge in [0.05, 0.1) is 5.36 Å². The largest absolute Gasteiger partial charge is 0.508 e. The van der Waals surface area contributed by atoms with Crippen molar-refractivity contribution in [1.82, 2.24) is 4.90 Å². The third kappa shape index (κ3) is 2.89. The molecule has 1 saturated carbocycles. The van der Waals surface area contributed by atoms with Gasteiger partial charge in [0.15, 0.2) is 5.50 Å². The number of phenols is 1. The van der Waals surface area contributed by atoms with Crippen molar-refractivity contribution < 1.29 is 5.11 Å². The second-order valence-electron chi connectivity index (χ2n) is 5.55. The van der Waals surface area contributed by atoms with Crippen molar-refractivity contribution in [3.8, 4) is 5.75 Å². The molecule has 1 atom stereocenters. The SMILES string of the molecule is Oc1ccc2c(c1)=CN(CC1CCCCC1)C(S)N=2. The molecule has 0 amide bonds. The highest BCUT2D eigenvalue weighted by molar-refractivity contribution is 7.80. The van der Waals surface area contributed by atoms with Crippen LogP contribution in [0.15, 0.2) is 23.2 Å². The van der Waals surface area contributed by atoms with E-state index in [4.69, 9.17) is 0 Å². The number of rotatable bonds is 2. The molecule has 3 nitrogen and oxygen atoms in total. The quantitative estimate of drug-likeness (QED) is 0.809. The van der Waals surface area contributed by atoms with Crippen LogP contribution in [0.3, 0.4) is 0 Å². The van der Waals surface area contributed by atoms with E-state index in [0.717, 1.165) is 23.0 Å². The maximum Gasteiger partial charge on any atom is 0.166 e. The molecule has 1 aromatic carbocycles. The number of aromatic hydroxyl groups is 1. The average molecular weight is 276 g/mol. The monoisotopic (exact) mass is 276 g/mol. The molecular weight excluding hydrogens is 256 g/mol. The first kappa shape index (κ1) is 12.9. The summed E-state index contributed by atoms with van der Waals surface area (Å²) >= 11 is 4.57. The number of fused-ring (bicyclic) bond motifs is 1. The molecule has 0 bridgehead atoms. The lowest BCUT2D eigenvalue weighted by molar-refractivity contribution is 0.260. The van der Waals surface area contributed by atoms with Crippen LogP contribution in [0.2, 0.25) is 0 Å². The van der Waals surface area contributed by atoms with Crippen molar-refractivity contribution in [3.05, 3.63) is 28.8 Å². The Morgan fingerprint density at radius 3 is 2.84 bits per heavy atom. The van der Waals surface area contributed by atoms with Crippen molar-refractivity contribution in [2.75, 3.05) is 6.54 Å². The van der Waals surface area contributed by atoms with Gasteiger partial charge in [-0.15, -0.1) is 12.6 Å². The highest BCUT2D eigenvalue weighted by Gasteiger charge is 2.20. The Morgan fingerprint density at radius 1 is 1.26 bits per heavy atom. The number of hydrogen-bond acceptors (Lipinski definition) is 4.